The minimum absolute atomic E-state index is 0.0901. The third-order valence-corrected chi connectivity index (χ3v) is 5.65. The van der Waals surface area contributed by atoms with Crippen LogP contribution in [-0.2, 0) is 0 Å². The third-order valence-electron chi connectivity index (χ3n) is 5.65. The Morgan fingerprint density at radius 2 is 1.86 bits per heavy atom. The topological polar surface area (TPSA) is 45.2 Å². The van der Waals surface area contributed by atoms with Gasteiger partial charge in [0.05, 0.1) is 5.52 Å². The van der Waals surface area contributed by atoms with Gasteiger partial charge in [-0.15, -0.1) is 0 Å². The van der Waals surface area contributed by atoms with Crippen LogP contribution in [0.5, 0.6) is 0 Å². The Labute approximate surface area is 166 Å². The number of hydrogen-bond donors (Lipinski definition) is 1. The number of aromatic nitrogens is 1. The van der Waals surface area contributed by atoms with Crippen molar-refractivity contribution in [3.05, 3.63) is 65.2 Å². The average Bonchev–Trinajstić information content (AvgIpc) is 2.69. The van der Waals surface area contributed by atoms with Crippen molar-refractivity contribution in [2.45, 2.75) is 33.6 Å². The molecule has 2 aromatic carbocycles. The van der Waals surface area contributed by atoms with E-state index < -0.39 is 0 Å². The molecule has 0 atom stereocenters. The lowest BCUT2D eigenvalue weighted by molar-refractivity contribution is 0.102. The van der Waals surface area contributed by atoms with Crippen LogP contribution in [0, 0.1) is 19.8 Å². The zero-order chi connectivity index (χ0) is 19.7. The second-order valence-corrected chi connectivity index (χ2v) is 8.02. The molecule has 4 rings (SSSR count). The first-order valence-electron chi connectivity index (χ1n) is 10.0. The van der Waals surface area contributed by atoms with E-state index in [2.05, 4.69) is 30.1 Å². The predicted octanol–water partition coefficient (Wildman–Crippen LogP) is 5.34. The van der Waals surface area contributed by atoms with Crippen LogP contribution >= 0.6 is 0 Å². The molecule has 0 saturated carbocycles. The Bertz CT molecular complexity index is 1020. The number of carbonyl (C=O) groups excluding carboxylic acids is 1. The summed E-state index contributed by atoms with van der Waals surface area (Å²) in [4.78, 5) is 19.8. The highest BCUT2D eigenvalue weighted by Gasteiger charge is 2.18. The van der Waals surface area contributed by atoms with E-state index in [1.54, 1.807) is 0 Å². The molecule has 0 unspecified atom stereocenters. The van der Waals surface area contributed by atoms with E-state index in [1.807, 2.05) is 49.4 Å². The van der Waals surface area contributed by atoms with Gasteiger partial charge < -0.3 is 10.2 Å². The Balaban J connectivity index is 1.58. The van der Waals surface area contributed by atoms with Crippen LogP contribution in [0.4, 0.5) is 11.5 Å². The molecule has 0 spiro atoms. The van der Waals surface area contributed by atoms with Crippen LogP contribution in [0.2, 0.25) is 0 Å². The van der Waals surface area contributed by atoms with E-state index in [0.717, 1.165) is 47.0 Å². The minimum atomic E-state index is -0.0901. The summed E-state index contributed by atoms with van der Waals surface area (Å²) >= 11 is 0. The van der Waals surface area contributed by atoms with Gasteiger partial charge >= 0.3 is 0 Å². The molecule has 3 aromatic rings. The van der Waals surface area contributed by atoms with Gasteiger partial charge in [-0.3, -0.25) is 4.79 Å². The average molecular weight is 374 g/mol. The van der Waals surface area contributed by atoms with Crippen molar-refractivity contribution in [1.29, 1.82) is 0 Å². The van der Waals surface area contributed by atoms with Crippen molar-refractivity contribution < 1.29 is 4.79 Å². The Kier molecular flexibility index (Phi) is 5.03. The van der Waals surface area contributed by atoms with E-state index in [1.165, 1.54) is 18.4 Å². The largest absolute Gasteiger partial charge is 0.357 e. The number of nitrogens with zero attached hydrogens (tertiary/aromatic N) is 2. The molecule has 0 bridgehead atoms. The summed E-state index contributed by atoms with van der Waals surface area (Å²) in [7, 11) is 0. The van der Waals surface area contributed by atoms with Gasteiger partial charge in [-0.2, -0.15) is 0 Å². The standard InChI is InChI=1S/C24H27N3O/c1-16-9-11-27(12-10-16)23-14-18(3)21-15-20(7-8-22(21)26-23)25-24(28)19-6-4-5-17(2)13-19/h4-8,13-16H,9-12H2,1-3H3,(H,25,28). The fourth-order valence-electron chi connectivity index (χ4n) is 3.84. The Hall–Kier alpha value is -2.88. The molecule has 1 aliphatic rings. The van der Waals surface area contributed by atoms with Gasteiger partial charge in [0.1, 0.15) is 5.82 Å². The van der Waals surface area contributed by atoms with Gasteiger partial charge in [-0.25, -0.2) is 4.98 Å². The highest BCUT2D eigenvalue weighted by molar-refractivity contribution is 6.05. The summed E-state index contributed by atoms with van der Waals surface area (Å²) < 4.78 is 0. The molecule has 144 valence electrons. The summed E-state index contributed by atoms with van der Waals surface area (Å²) in [6, 6.07) is 15.8. The zero-order valence-electron chi connectivity index (χ0n) is 16.8. The summed E-state index contributed by atoms with van der Waals surface area (Å²) in [6.45, 7) is 8.57. The molecule has 1 N–H and O–H groups in total. The van der Waals surface area contributed by atoms with E-state index in [0.29, 0.717) is 5.56 Å². The highest BCUT2D eigenvalue weighted by atomic mass is 16.1. The number of piperidine rings is 1. The number of carbonyl (C=O) groups is 1. The van der Waals surface area contributed by atoms with Crippen molar-refractivity contribution in [3.8, 4) is 0 Å². The Morgan fingerprint density at radius 1 is 1.07 bits per heavy atom. The highest BCUT2D eigenvalue weighted by Crippen LogP contribution is 2.28. The van der Waals surface area contributed by atoms with Gasteiger partial charge in [-0.05, 0) is 74.6 Å². The summed E-state index contributed by atoms with van der Waals surface area (Å²) in [5, 5.41) is 4.09. The van der Waals surface area contributed by atoms with Crippen molar-refractivity contribution in [1.82, 2.24) is 4.98 Å². The van der Waals surface area contributed by atoms with Gasteiger partial charge in [-0.1, -0.05) is 24.6 Å². The lowest BCUT2D eigenvalue weighted by Crippen LogP contribution is -2.33. The molecule has 1 aromatic heterocycles. The molecule has 0 radical (unpaired) electrons. The quantitative estimate of drug-likeness (QED) is 0.674. The van der Waals surface area contributed by atoms with Crippen molar-refractivity contribution in [2.75, 3.05) is 23.3 Å². The van der Waals surface area contributed by atoms with Gasteiger partial charge in [0, 0.05) is 29.7 Å². The molecule has 4 heteroatoms. The lowest BCUT2D eigenvalue weighted by Gasteiger charge is -2.31. The maximum Gasteiger partial charge on any atom is 0.255 e. The number of fused-ring (bicyclic) bond motifs is 1. The van der Waals surface area contributed by atoms with E-state index >= 15 is 0 Å². The normalized spacial score (nSPS) is 15.0. The number of pyridine rings is 1. The zero-order valence-corrected chi connectivity index (χ0v) is 16.8. The molecule has 28 heavy (non-hydrogen) atoms. The summed E-state index contributed by atoms with van der Waals surface area (Å²) in [6.07, 6.45) is 2.45. The molecular formula is C24H27N3O. The maximum absolute atomic E-state index is 12.5. The number of anilines is 2. The SMILES string of the molecule is Cc1cccc(C(=O)Nc2ccc3nc(N4CCC(C)CC4)cc(C)c3c2)c1. The molecular weight excluding hydrogens is 346 g/mol. The van der Waals surface area contributed by atoms with Crippen LogP contribution in [0.1, 0.15) is 41.3 Å². The van der Waals surface area contributed by atoms with Gasteiger partial charge in [0.2, 0.25) is 0 Å². The number of hydrogen-bond acceptors (Lipinski definition) is 3. The number of benzene rings is 2. The molecule has 0 aliphatic carbocycles. The fraction of sp³-hybridized carbons (Fsp3) is 0.333. The van der Waals surface area contributed by atoms with E-state index in [9.17, 15) is 4.79 Å². The molecule has 1 fully saturated rings. The molecule has 1 aliphatic heterocycles. The van der Waals surface area contributed by atoms with Crippen molar-refractivity contribution in [2.24, 2.45) is 5.92 Å². The van der Waals surface area contributed by atoms with E-state index in [4.69, 9.17) is 4.98 Å². The van der Waals surface area contributed by atoms with Gasteiger partial charge in [0.25, 0.3) is 5.91 Å². The smallest absolute Gasteiger partial charge is 0.255 e. The minimum Gasteiger partial charge on any atom is -0.357 e. The van der Waals surface area contributed by atoms with Gasteiger partial charge in [0.15, 0.2) is 0 Å². The first-order chi connectivity index (χ1) is 13.5. The number of aryl methyl sites for hydroxylation is 2. The van der Waals surface area contributed by atoms with Crippen molar-refractivity contribution in [3.63, 3.8) is 0 Å². The molecule has 1 saturated heterocycles. The number of nitrogens with one attached hydrogen (secondary N) is 1. The lowest BCUT2D eigenvalue weighted by atomic mass is 9.99. The first kappa shape index (κ1) is 18.5. The second kappa shape index (κ2) is 7.63. The fourth-order valence-corrected chi connectivity index (χ4v) is 3.84. The van der Waals surface area contributed by atoms with Crippen LogP contribution in [0.3, 0.4) is 0 Å². The number of rotatable bonds is 3. The maximum atomic E-state index is 12.5. The van der Waals surface area contributed by atoms with Crippen LogP contribution in [0.15, 0.2) is 48.5 Å². The number of amides is 1. The first-order valence-corrected chi connectivity index (χ1v) is 10.0. The summed E-state index contributed by atoms with van der Waals surface area (Å²) in [5.74, 6) is 1.78. The van der Waals surface area contributed by atoms with Crippen molar-refractivity contribution >= 4 is 28.3 Å². The molecule has 1 amide bonds. The Morgan fingerprint density at radius 3 is 2.61 bits per heavy atom. The van der Waals surface area contributed by atoms with Crippen LogP contribution in [-0.4, -0.2) is 24.0 Å². The second-order valence-electron chi connectivity index (χ2n) is 8.02. The van der Waals surface area contributed by atoms with Crippen LogP contribution in [0.25, 0.3) is 10.9 Å². The van der Waals surface area contributed by atoms with Crippen LogP contribution < -0.4 is 10.2 Å². The monoisotopic (exact) mass is 373 g/mol. The summed E-state index contributed by atoms with van der Waals surface area (Å²) in [5.41, 5.74) is 4.70. The third kappa shape index (κ3) is 3.86. The molecule has 4 nitrogen and oxygen atoms in total. The predicted molar refractivity (Wildman–Crippen MR) is 116 cm³/mol. The molecule has 2 heterocycles. The van der Waals surface area contributed by atoms with E-state index in [-0.39, 0.29) is 5.91 Å².